The van der Waals surface area contributed by atoms with Gasteiger partial charge in [-0.3, -0.25) is 0 Å². The van der Waals surface area contributed by atoms with Crippen LogP contribution in [0, 0.1) is 16.7 Å². The van der Waals surface area contributed by atoms with Crippen molar-refractivity contribution in [2.24, 2.45) is 16.7 Å². The number of benzene rings is 1. The fourth-order valence-electron chi connectivity index (χ4n) is 9.38. The van der Waals surface area contributed by atoms with E-state index in [9.17, 15) is 5.11 Å². The average molecular weight is 396 g/mol. The van der Waals surface area contributed by atoms with Crippen LogP contribution < -0.4 is 4.74 Å². The van der Waals surface area contributed by atoms with E-state index in [2.05, 4.69) is 45.7 Å². The van der Waals surface area contributed by atoms with Crippen molar-refractivity contribution in [3.05, 3.63) is 23.3 Å². The highest BCUT2D eigenvalue weighted by atomic mass is 16.6. The molecule has 7 aliphatic rings. The molecule has 3 spiro atoms. The first kappa shape index (κ1) is 17.4. The van der Waals surface area contributed by atoms with Gasteiger partial charge >= 0.3 is 0 Å². The first-order valence-corrected chi connectivity index (χ1v) is 11.5. The topological polar surface area (TPSA) is 41.9 Å². The third-order valence-corrected chi connectivity index (χ3v) is 11.1. The summed E-state index contributed by atoms with van der Waals surface area (Å²) >= 11 is 0. The molecule has 3 heterocycles. The number of ether oxygens (including phenoxy) is 2. The van der Waals surface area contributed by atoms with Gasteiger partial charge in [-0.1, -0.05) is 19.9 Å². The molecule has 156 valence electrons. The Morgan fingerprint density at radius 1 is 1.10 bits per heavy atom. The molecule has 2 saturated heterocycles. The van der Waals surface area contributed by atoms with Crippen molar-refractivity contribution in [2.45, 2.75) is 88.6 Å². The molecule has 1 unspecified atom stereocenters. The maximum Gasteiger partial charge on any atom is 0.165 e. The van der Waals surface area contributed by atoms with E-state index in [0.717, 1.165) is 31.6 Å². The Kier molecular flexibility index (Phi) is 2.70. The van der Waals surface area contributed by atoms with Gasteiger partial charge < -0.3 is 19.5 Å². The lowest BCUT2D eigenvalue weighted by atomic mass is 9.33. The molecule has 4 nitrogen and oxygen atoms in total. The van der Waals surface area contributed by atoms with Crippen LogP contribution in [-0.4, -0.2) is 46.9 Å². The molecule has 3 saturated carbocycles. The minimum absolute atomic E-state index is 0.00289. The average Bonchev–Trinajstić information content (AvgIpc) is 3.10. The van der Waals surface area contributed by atoms with Crippen LogP contribution in [0.3, 0.4) is 0 Å². The van der Waals surface area contributed by atoms with Gasteiger partial charge in [0.05, 0.1) is 5.60 Å². The Labute approximate surface area is 173 Å². The number of fused-ring (bicyclic) bond motifs is 1. The molecule has 8 rings (SSSR count). The van der Waals surface area contributed by atoms with Crippen LogP contribution >= 0.6 is 0 Å². The van der Waals surface area contributed by atoms with Gasteiger partial charge in [0.25, 0.3) is 0 Å². The summed E-state index contributed by atoms with van der Waals surface area (Å²) < 4.78 is 14.0. The van der Waals surface area contributed by atoms with Crippen molar-refractivity contribution in [2.75, 3.05) is 13.6 Å². The minimum Gasteiger partial charge on any atom is -0.504 e. The maximum absolute atomic E-state index is 10.8. The van der Waals surface area contributed by atoms with Gasteiger partial charge in [-0.2, -0.15) is 0 Å². The summed E-state index contributed by atoms with van der Waals surface area (Å²) in [6.45, 7) is 10.5. The van der Waals surface area contributed by atoms with Crippen molar-refractivity contribution in [3.63, 3.8) is 0 Å². The van der Waals surface area contributed by atoms with Crippen LogP contribution in [0.25, 0.3) is 0 Å². The number of nitrogens with zero attached hydrogens (tertiary/aromatic N) is 1. The number of hydrogen-bond donors (Lipinski definition) is 1. The molecular weight excluding hydrogens is 362 g/mol. The smallest absolute Gasteiger partial charge is 0.165 e. The number of hydrogen-bond acceptors (Lipinski definition) is 4. The normalized spacial score (nSPS) is 49.5. The zero-order valence-electron chi connectivity index (χ0n) is 18.3. The van der Waals surface area contributed by atoms with Gasteiger partial charge in [0.2, 0.25) is 0 Å². The van der Waals surface area contributed by atoms with Crippen LogP contribution in [0.5, 0.6) is 11.5 Å². The molecular formula is C25H33NO3. The summed E-state index contributed by atoms with van der Waals surface area (Å²) in [7, 11) is 2.33. The van der Waals surface area contributed by atoms with Gasteiger partial charge in [0.1, 0.15) is 11.7 Å². The summed E-state index contributed by atoms with van der Waals surface area (Å²) in [6, 6.07) is 4.58. The molecule has 6 atom stereocenters. The van der Waals surface area contributed by atoms with E-state index in [-0.39, 0.29) is 33.6 Å². The van der Waals surface area contributed by atoms with Crippen molar-refractivity contribution in [1.29, 1.82) is 0 Å². The monoisotopic (exact) mass is 395 g/mol. The number of aromatic hydroxyl groups is 1. The standard InChI is InChI=1S/C25H33NO3/c1-21(2)16-13-23-8-9-25(16,29-22(21,3)4)20-24(23)10-11-26(5)17(23)12-14-6-7-15(27)19(28-20)18(14)24/h6-7,16-17,20,27H,8-13H2,1-5H3/t16-,17?,20+,23+,24-,25+/m0/s1. The number of likely N-dealkylation sites (N-methyl/N-ethyl adjacent to an activating group) is 1. The Morgan fingerprint density at radius 2 is 1.90 bits per heavy atom. The minimum atomic E-state index is -0.241. The highest BCUT2D eigenvalue weighted by molar-refractivity contribution is 5.63. The molecule has 4 heteroatoms. The number of phenols is 1. The molecule has 4 aliphatic carbocycles. The van der Waals surface area contributed by atoms with Crippen molar-refractivity contribution in [1.82, 2.24) is 4.90 Å². The quantitative estimate of drug-likeness (QED) is 0.720. The van der Waals surface area contributed by atoms with Gasteiger partial charge in [0.15, 0.2) is 11.5 Å². The van der Waals surface area contributed by atoms with Gasteiger partial charge in [-0.15, -0.1) is 0 Å². The van der Waals surface area contributed by atoms with Gasteiger partial charge in [-0.25, -0.2) is 0 Å². The number of likely N-dealkylation sites (tertiary alicyclic amines) is 1. The second-order valence-corrected chi connectivity index (χ2v) is 12.1. The zero-order chi connectivity index (χ0) is 20.2. The molecule has 4 bridgehead atoms. The summed E-state index contributed by atoms with van der Waals surface area (Å²) in [5.41, 5.74) is 2.65. The lowest BCUT2D eigenvalue weighted by Crippen LogP contribution is -2.80. The van der Waals surface area contributed by atoms with E-state index in [4.69, 9.17) is 9.47 Å². The van der Waals surface area contributed by atoms with E-state index < -0.39 is 0 Å². The SMILES string of the molecule is CN1CC[C@]23c4c5ccc(O)c4O[C@H]2[C@@]24CC[C@@]3(C[C@H]2C(C)(C)C(C)(C)O4)C1C5. The first-order valence-electron chi connectivity index (χ1n) is 11.5. The number of rotatable bonds is 0. The Balaban J connectivity index is 1.57. The summed E-state index contributed by atoms with van der Waals surface area (Å²) in [5, 5.41) is 10.8. The molecule has 0 aromatic heterocycles. The third-order valence-electron chi connectivity index (χ3n) is 11.1. The largest absolute Gasteiger partial charge is 0.504 e. The maximum atomic E-state index is 10.8. The van der Waals surface area contributed by atoms with E-state index in [1.807, 2.05) is 6.07 Å². The fraction of sp³-hybridized carbons (Fsp3) is 0.760. The fourth-order valence-corrected chi connectivity index (χ4v) is 9.38. The summed E-state index contributed by atoms with van der Waals surface area (Å²) in [6.07, 6.45) is 5.77. The molecule has 1 aromatic rings. The molecule has 0 radical (unpaired) electrons. The highest BCUT2D eigenvalue weighted by Gasteiger charge is 2.84. The van der Waals surface area contributed by atoms with Gasteiger partial charge in [-0.05, 0) is 76.6 Å². The summed E-state index contributed by atoms with van der Waals surface area (Å²) in [5.74, 6) is 1.60. The van der Waals surface area contributed by atoms with E-state index in [0.29, 0.717) is 17.7 Å². The Morgan fingerprint density at radius 3 is 2.69 bits per heavy atom. The van der Waals surface area contributed by atoms with Crippen LogP contribution in [0.15, 0.2) is 12.1 Å². The van der Waals surface area contributed by atoms with Crippen molar-refractivity contribution >= 4 is 0 Å². The number of phenolic OH excluding ortho intramolecular Hbond substituents is 1. The molecule has 1 aromatic carbocycles. The Hall–Kier alpha value is -1.26. The van der Waals surface area contributed by atoms with Crippen molar-refractivity contribution < 1.29 is 14.6 Å². The first-order chi connectivity index (χ1) is 13.6. The molecule has 1 N–H and O–H groups in total. The van der Waals surface area contributed by atoms with E-state index in [1.165, 1.54) is 24.0 Å². The second-order valence-electron chi connectivity index (χ2n) is 12.1. The predicted molar refractivity (Wildman–Crippen MR) is 110 cm³/mol. The summed E-state index contributed by atoms with van der Waals surface area (Å²) in [4.78, 5) is 2.64. The van der Waals surface area contributed by atoms with Crippen LogP contribution in [0.1, 0.15) is 64.5 Å². The molecule has 3 aliphatic heterocycles. The van der Waals surface area contributed by atoms with Gasteiger partial charge in [0, 0.05) is 28.4 Å². The molecule has 5 fully saturated rings. The lowest BCUT2D eigenvalue weighted by Gasteiger charge is -2.73. The molecule has 29 heavy (non-hydrogen) atoms. The highest BCUT2D eigenvalue weighted by Crippen LogP contribution is 2.80. The predicted octanol–water partition coefficient (Wildman–Crippen LogP) is 4.03. The lowest BCUT2D eigenvalue weighted by molar-refractivity contribution is -0.270. The Bertz CT molecular complexity index is 969. The van der Waals surface area contributed by atoms with Crippen LogP contribution in [0.2, 0.25) is 0 Å². The van der Waals surface area contributed by atoms with E-state index in [1.54, 1.807) is 0 Å². The number of piperidine rings is 1. The molecule has 0 amide bonds. The second kappa shape index (κ2) is 4.50. The third kappa shape index (κ3) is 1.46. The van der Waals surface area contributed by atoms with Crippen molar-refractivity contribution in [3.8, 4) is 11.5 Å². The van der Waals surface area contributed by atoms with E-state index >= 15 is 0 Å². The van der Waals surface area contributed by atoms with Crippen LogP contribution in [-0.2, 0) is 16.6 Å². The zero-order valence-corrected chi connectivity index (χ0v) is 18.3. The van der Waals surface area contributed by atoms with Crippen LogP contribution in [0.4, 0.5) is 0 Å².